The molecule has 4 aliphatic rings. The quantitative estimate of drug-likeness (QED) is 0.765. The zero-order valence-electron chi connectivity index (χ0n) is 19.0. The minimum atomic E-state index is -0.0610. The summed E-state index contributed by atoms with van der Waals surface area (Å²) in [6.07, 6.45) is 10.3. The van der Waals surface area contributed by atoms with E-state index in [1.807, 2.05) is 19.4 Å². The van der Waals surface area contributed by atoms with Crippen molar-refractivity contribution in [2.45, 2.75) is 44.2 Å². The van der Waals surface area contributed by atoms with Crippen molar-refractivity contribution in [2.24, 2.45) is 12.5 Å². The van der Waals surface area contributed by atoms with Gasteiger partial charge in [0.2, 0.25) is 5.95 Å². The van der Waals surface area contributed by atoms with Crippen molar-refractivity contribution in [1.82, 2.24) is 29.5 Å². The van der Waals surface area contributed by atoms with Gasteiger partial charge in [0, 0.05) is 70.3 Å². The standard InChI is InChI=1S/C23H31N9/c1-17-10-25-21(27-18-11-26-29(2)12-18)28-20(17)31-15-23(16-31,5-6-24)32-8-7-30-14-22(3-4-22)9-19(30)13-32/h10-12,19H,3-5,7-9,13-16H2,1-2H3,(H,25,27,28)/t19-/m0/s1. The van der Waals surface area contributed by atoms with E-state index in [-0.39, 0.29) is 5.54 Å². The number of piperazine rings is 1. The number of fused-ring (bicyclic) bond motifs is 1. The summed E-state index contributed by atoms with van der Waals surface area (Å²) in [6.45, 7) is 8.37. The maximum absolute atomic E-state index is 9.65. The minimum absolute atomic E-state index is 0.0610. The Morgan fingerprint density at radius 3 is 2.78 bits per heavy atom. The molecule has 1 N–H and O–H groups in total. The Morgan fingerprint density at radius 2 is 2.06 bits per heavy atom. The number of nitriles is 1. The van der Waals surface area contributed by atoms with Crippen LogP contribution in [0.3, 0.4) is 0 Å². The van der Waals surface area contributed by atoms with E-state index < -0.39 is 0 Å². The van der Waals surface area contributed by atoms with E-state index in [4.69, 9.17) is 4.98 Å². The lowest BCUT2D eigenvalue weighted by molar-refractivity contribution is -0.000623. The predicted octanol–water partition coefficient (Wildman–Crippen LogP) is 1.90. The second kappa shape index (κ2) is 7.15. The van der Waals surface area contributed by atoms with Gasteiger partial charge in [-0.25, -0.2) is 4.98 Å². The Bertz CT molecular complexity index is 1060. The van der Waals surface area contributed by atoms with Crippen molar-refractivity contribution in [3.05, 3.63) is 24.2 Å². The van der Waals surface area contributed by atoms with E-state index in [9.17, 15) is 5.26 Å². The summed E-state index contributed by atoms with van der Waals surface area (Å²) >= 11 is 0. The molecule has 0 radical (unpaired) electrons. The number of nitrogens with zero attached hydrogens (tertiary/aromatic N) is 8. The third-order valence-corrected chi connectivity index (χ3v) is 8.02. The molecule has 4 fully saturated rings. The Kier molecular flexibility index (Phi) is 4.46. The number of nitrogens with one attached hydrogen (secondary N) is 1. The highest BCUT2D eigenvalue weighted by Gasteiger charge is 2.56. The molecule has 0 bridgehead atoms. The number of aryl methyl sites for hydroxylation is 2. The summed E-state index contributed by atoms with van der Waals surface area (Å²) in [5, 5.41) is 17.1. The molecule has 1 saturated carbocycles. The predicted molar refractivity (Wildman–Crippen MR) is 122 cm³/mol. The summed E-state index contributed by atoms with van der Waals surface area (Å²) in [6, 6.07) is 3.17. The minimum Gasteiger partial charge on any atom is -0.352 e. The van der Waals surface area contributed by atoms with Crippen molar-refractivity contribution in [3.8, 4) is 6.07 Å². The highest BCUT2D eigenvalue weighted by Crippen LogP contribution is 2.55. The average molecular weight is 434 g/mol. The molecule has 0 amide bonds. The van der Waals surface area contributed by atoms with Crippen molar-refractivity contribution in [3.63, 3.8) is 0 Å². The van der Waals surface area contributed by atoms with Gasteiger partial charge in [-0.2, -0.15) is 15.3 Å². The van der Waals surface area contributed by atoms with Gasteiger partial charge >= 0.3 is 0 Å². The lowest BCUT2D eigenvalue weighted by Crippen LogP contribution is -2.73. The van der Waals surface area contributed by atoms with Crippen LogP contribution in [0.4, 0.5) is 17.5 Å². The normalized spacial score (nSPS) is 25.9. The summed E-state index contributed by atoms with van der Waals surface area (Å²) < 4.78 is 1.75. The highest BCUT2D eigenvalue weighted by molar-refractivity contribution is 5.57. The number of hydrogen-bond donors (Lipinski definition) is 1. The fourth-order valence-electron chi connectivity index (χ4n) is 6.07. The Hall–Kier alpha value is -2.70. The fourth-order valence-corrected chi connectivity index (χ4v) is 6.07. The molecule has 1 spiro atoms. The van der Waals surface area contributed by atoms with Crippen LogP contribution in [-0.2, 0) is 7.05 Å². The molecule has 9 heteroatoms. The van der Waals surface area contributed by atoms with E-state index in [1.165, 1.54) is 25.8 Å². The van der Waals surface area contributed by atoms with Gasteiger partial charge in [-0.3, -0.25) is 14.5 Å². The zero-order chi connectivity index (χ0) is 21.9. The van der Waals surface area contributed by atoms with Crippen molar-refractivity contribution in [2.75, 3.05) is 49.5 Å². The summed E-state index contributed by atoms with van der Waals surface area (Å²) in [7, 11) is 1.89. The monoisotopic (exact) mass is 433 g/mol. The van der Waals surface area contributed by atoms with Crippen LogP contribution in [0.1, 0.15) is 31.2 Å². The van der Waals surface area contributed by atoms with Gasteiger partial charge in [0.15, 0.2) is 0 Å². The summed E-state index contributed by atoms with van der Waals surface area (Å²) in [4.78, 5) is 16.9. The largest absolute Gasteiger partial charge is 0.352 e. The first kappa shape index (κ1) is 19.9. The van der Waals surface area contributed by atoms with Crippen LogP contribution in [0.5, 0.6) is 0 Å². The zero-order valence-corrected chi connectivity index (χ0v) is 19.0. The van der Waals surface area contributed by atoms with Crippen LogP contribution in [0, 0.1) is 23.7 Å². The average Bonchev–Trinajstić information content (AvgIpc) is 3.20. The summed E-state index contributed by atoms with van der Waals surface area (Å²) in [5.74, 6) is 1.53. The van der Waals surface area contributed by atoms with Gasteiger partial charge in [-0.15, -0.1) is 0 Å². The van der Waals surface area contributed by atoms with Crippen LogP contribution in [-0.4, -0.2) is 80.4 Å². The second-order valence-corrected chi connectivity index (χ2v) is 10.4. The molecule has 3 saturated heterocycles. The molecular formula is C23H31N9. The molecule has 2 aromatic heterocycles. The van der Waals surface area contributed by atoms with E-state index in [1.54, 1.807) is 10.9 Å². The maximum Gasteiger partial charge on any atom is 0.229 e. The van der Waals surface area contributed by atoms with Gasteiger partial charge < -0.3 is 10.2 Å². The molecule has 6 rings (SSSR count). The van der Waals surface area contributed by atoms with Crippen molar-refractivity contribution in [1.29, 1.82) is 5.26 Å². The third-order valence-electron chi connectivity index (χ3n) is 8.02. The van der Waals surface area contributed by atoms with Crippen LogP contribution in [0.25, 0.3) is 0 Å². The number of rotatable bonds is 5. The van der Waals surface area contributed by atoms with Gasteiger partial charge in [0.25, 0.3) is 0 Å². The topological polar surface area (TPSA) is 89.1 Å². The van der Waals surface area contributed by atoms with Crippen LogP contribution >= 0.6 is 0 Å². The van der Waals surface area contributed by atoms with E-state index in [0.29, 0.717) is 23.8 Å². The van der Waals surface area contributed by atoms with E-state index in [2.05, 4.69) is 43.1 Å². The third kappa shape index (κ3) is 3.33. The van der Waals surface area contributed by atoms with Crippen LogP contribution in [0.15, 0.2) is 18.6 Å². The summed E-state index contributed by atoms with van der Waals surface area (Å²) in [5.41, 5.74) is 2.51. The van der Waals surface area contributed by atoms with E-state index >= 15 is 0 Å². The lowest BCUT2D eigenvalue weighted by atomic mass is 9.83. The molecule has 1 atom stereocenters. The van der Waals surface area contributed by atoms with Crippen molar-refractivity contribution >= 4 is 17.5 Å². The number of anilines is 3. The molecule has 0 unspecified atom stereocenters. The van der Waals surface area contributed by atoms with Crippen LogP contribution < -0.4 is 10.2 Å². The first-order chi connectivity index (χ1) is 15.5. The van der Waals surface area contributed by atoms with Gasteiger partial charge in [0.05, 0.1) is 29.9 Å². The van der Waals surface area contributed by atoms with Gasteiger partial charge in [-0.1, -0.05) is 0 Å². The first-order valence-electron chi connectivity index (χ1n) is 11.7. The van der Waals surface area contributed by atoms with Gasteiger partial charge in [0.1, 0.15) is 5.82 Å². The molecule has 1 aliphatic carbocycles. The first-order valence-corrected chi connectivity index (χ1v) is 11.7. The van der Waals surface area contributed by atoms with E-state index in [0.717, 1.165) is 49.8 Å². The lowest BCUT2D eigenvalue weighted by Gasteiger charge is -2.58. The smallest absolute Gasteiger partial charge is 0.229 e. The number of hydrogen-bond acceptors (Lipinski definition) is 8. The maximum atomic E-state index is 9.65. The molecular weight excluding hydrogens is 402 g/mol. The number of aromatic nitrogens is 4. The Labute approximate surface area is 189 Å². The molecule has 2 aromatic rings. The Balaban J connectivity index is 1.17. The fraction of sp³-hybridized carbons (Fsp3) is 0.652. The highest BCUT2D eigenvalue weighted by atomic mass is 15.4. The SMILES string of the molecule is Cc1cnc(Nc2cnn(C)c2)nc1N1CC(CC#N)(N2CCN3CC4(CC4)C[C@H]3C2)C1. The molecule has 5 heterocycles. The van der Waals surface area contributed by atoms with Crippen molar-refractivity contribution < 1.29 is 0 Å². The molecule has 0 aromatic carbocycles. The second-order valence-electron chi connectivity index (χ2n) is 10.4. The Morgan fingerprint density at radius 1 is 1.22 bits per heavy atom. The van der Waals surface area contributed by atoms with Gasteiger partial charge in [-0.05, 0) is 31.6 Å². The molecule has 9 nitrogen and oxygen atoms in total. The molecule has 32 heavy (non-hydrogen) atoms. The molecule has 168 valence electrons. The van der Waals surface area contributed by atoms with Crippen LogP contribution in [0.2, 0.25) is 0 Å². The molecule has 3 aliphatic heterocycles.